The van der Waals surface area contributed by atoms with Crippen molar-refractivity contribution in [3.05, 3.63) is 23.8 Å². The fraction of sp³-hybridized carbons (Fsp3) is 0.538. The van der Waals surface area contributed by atoms with Gasteiger partial charge in [-0.3, -0.25) is 0 Å². The fourth-order valence-corrected chi connectivity index (χ4v) is 2.08. The molecule has 0 aromatic heterocycles. The lowest BCUT2D eigenvalue weighted by Crippen LogP contribution is -2.33. The van der Waals surface area contributed by atoms with Gasteiger partial charge in [0.15, 0.2) is 0 Å². The highest BCUT2D eigenvalue weighted by molar-refractivity contribution is 5.68. The molecule has 0 amide bonds. The minimum atomic E-state index is -2.47. The number of nitrogen functional groups attached to an aromatic ring is 1. The zero-order chi connectivity index (χ0) is 12.6. The molecule has 17 heavy (non-hydrogen) atoms. The largest absolute Gasteiger partial charge is 0.397 e. The summed E-state index contributed by atoms with van der Waals surface area (Å²) in [6.45, 7) is 4.23. The van der Waals surface area contributed by atoms with E-state index in [9.17, 15) is 8.78 Å². The van der Waals surface area contributed by atoms with Gasteiger partial charge in [0.2, 0.25) is 0 Å². The average Bonchev–Trinajstić information content (AvgIpc) is 3.04. The van der Waals surface area contributed by atoms with Gasteiger partial charge in [0.25, 0.3) is 6.43 Å². The lowest BCUT2D eigenvalue weighted by molar-refractivity contribution is 0.151. The first kappa shape index (κ1) is 12.1. The fourth-order valence-electron chi connectivity index (χ4n) is 2.08. The van der Waals surface area contributed by atoms with Gasteiger partial charge in [-0.1, -0.05) is 6.07 Å². The van der Waals surface area contributed by atoms with E-state index in [0.29, 0.717) is 11.6 Å². The maximum atomic E-state index is 12.5. The van der Waals surface area contributed by atoms with Gasteiger partial charge in [-0.25, -0.2) is 8.78 Å². The lowest BCUT2D eigenvalue weighted by Gasteiger charge is -2.28. The summed E-state index contributed by atoms with van der Waals surface area (Å²) in [5.74, 6) is 0.650. The number of benzene rings is 1. The predicted octanol–water partition coefficient (Wildman–Crippen LogP) is 3.81. The monoisotopic (exact) mass is 240 g/mol. The highest BCUT2D eigenvalue weighted by Crippen LogP contribution is 2.42. The number of alkyl halides is 2. The second kappa shape index (κ2) is 4.17. The van der Waals surface area contributed by atoms with E-state index < -0.39 is 6.43 Å². The van der Waals surface area contributed by atoms with Crippen LogP contribution in [0.5, 0.6) is 0 Å². The summed E-state index contributed by atoms with van der Waals surface area (Å²) in [5, 5.41) is 3.34. The minimum Gasteiger partial charge on any atom is -0.397 e. The van der Waals surface area contributed by atoms with E-state index in [1.54, 1.807) is 6.07 Å². The van der Waals surface area contributed by atoms with Crippen LogP contribution >= 0.6 is 0 Å². The first-order valence-corrected chi connectivity index (χ1v) is 5.86. The summed E-state index contributed by atoms with van der Waals surface area (Å²) in [5.41, 5.74) is 6.86. The van der Waals surface area contributed by atoms with Crippen LogP contribution in [-0.4, -0.2) is 5.54 Å². The van der Waals surface area contributed by atoms with Gasteiger partial charge >= 0.3 is 0 Å². The van der Waals surface area contributed by atoms with Gasteiger partial charge in [0, 0.05) is 11.1 Å². The first-order chi connectivity index (χ1) is 7.90. The molecule has 0 aliphatic heterocycles. The average molecular weight is 240 g/mol. The molecule has 0 saturated heterocycles. The molecule has 1 fully saturated rings. The Kier molecular flexibility index (Phi) is 2.98. The van der Waals surface area contributed by atoms with Crippen molar-refractivity contribution < 1.29 is 8.78 Å². The van der Waals surface area contributed by atoms with Crippen LogP contribution in [0.25, 0.3) is 0 Å². The Morgan fingerprint density at radius 2 is 2.00 bits per heavy atom. The summed E-state index contributed by atoms with van der Waals surface area (Å²) in [4.78, 5) is 0. The van der Waals surface area contributed by atoms with Crippen molar-refractivity contribution in [3.8, 4) is 0 Å². The summed E-state index contributed by atoms with van der Waals surface area (Å²) >= 11 is 0. The van der Waals surface area contributed by atoms with Crippen LogP contribution in [-0.2, 0) is 0 Å². The molecule has 2 rings (SSSR count). The third-order valence-electron chi connectivity index (χ3n) is 3.38. The summed E-state index contributed by atoms with van der Waals surface area (Å²) < 4.78 is 25.0. The molecular formula is C13H18F2N2. The molecule has 2 nitrogen and oxygen atoms in total. The quantitative estimate of drug-likeness (QED) is 0.785. The second-order valence-corrected chi connectivity index (χ2v) is 5.27. The number of hydrogen-bond donors (Lipinski definition) is 2. The maximum Gasteiger partial charge on any atom is 0.263 e. The summed E-state index contributed by atoms with van der Waals surface area (Å²) in [6, 6.07) is 4.41. The number of rotatable bonds is 4. The number of nitrogens with one attached hydrogen (secondary N) is 1. The number of nitrogens with two attached hydrogens (primary N) is 1. The van der Waals surface area contributed by atoms with Gasteiger partial charge in [-0.2, -0.15) is 0 Å². The normalized spacial score (nSPS) is 16.3. The van der Waals surface area contributed by atoms with Crippen molar-refractivity contribution >= 4 is 11.4 Å². The van der Waals surface area contributed by atoms with Gasteiger partial charge in [0.05, 0.1) is 11.4 Å². The molecule has 3 N–H and O–H groups in total. The topological polar surface area (TPSA) is 38.0 Å². The maximum absolute atomic E-state index is 12.5. The lowest BCUT2D eigenvalue weighted by atomic mass is 9.98. The highest BCUT2D eigenvalue weighted by Gasteiger charge is 2.37. The Morgan fingerprint density at radius 1 is 1.35 bits per heavy atom. The van der Waals surface area contributed by atoms with Crippen LogP contribution in [0.4, 0.5) is 20.2 Å². The van der Waals surface area contributed by atoms with E-state index in [0.717, 1.165) is 5.69 Å². The van der Waals surface area contributed by atoms with E-state index in [1.807, 2.05) is 0 Å². The van der Waals surface area contributed by atoms with Crippen LogP contribution in [0.1, 0.15) is 38.7 Å². The van der Waals surface area contributed by atoms with Crippen molar-refractivity contribution in [2.75, 3.05) is 11.1 Å². The molecule has 1 aliphatic carbocycles. The molecule has 0 spiro atoms. The Morgan fingerprint density at radius 3 is 2.47 bits per heavy atom. The van der Waals surface area contributed by atoms with Gasteiger partial charge < -0.3 is 11.1 Å². The second-order valence-electron chi connectivity index (χ2n) is 5.27. The number of halogens is 2. The molecule has 1 saturated carbocycles. The number of anilines is 2. The van der Waals surface area contributed by atoms with E-state index in [2.05, 4.69) is 19.2 Å². The van der Waals surface area contributed by atoms with Crippen molar-refractivity contribution in [3.63, 3.8) is 0 Å². The van der Waals surface area contributed by atoms with Crippen LogP contribution in [0.2, 0.25) is 0 Å². The Balaban J connectivity index is 2.16. The Labute approximate surface area is 100 Å². The third-order valence-corrected chi connectivity index (χ3v) is 3.38. The van der Waals surface area contributed by atoms with Crippen molar-refractivity contribution in [2.24, 2.45) is 5.92 Å². The number of hydrogen-bond acceptors (Lipinski definition) is 2. The molecule has 0 heterocycles. The van der Waals surface area contributed by atoms with Crippen LogP contribution in [0.3, 0.4) is 0 Å². The molecule has 1 aromatic rings. The molecular weight excluding hydrogens is 222 g/mol. The highest BCUT2D eigenvalue weighted by atomic mass is 19.3. The minimum absolute atomic E-state index is 0.0273. The van der Waals surface area contributed by atoms with Crippen LogP contribution < -0.4 is 11.1 Å². The van der Waals surface area contributed by atoms with Crippen molar-refractivity contribution in [1.82, 2.24) is 0 Å². The summed E-state index contributed by atoms with van der Waals surface area (Å²) in [6.07, 6.45) is -0.0351. The smallest absolute Gasteiger partial charge is 0.263 e. The third kappa shape index (κ3) is 2.68. The molecule has 94 valence electrons. The molecule has 4 heteroatoms. The van der Waals surface area contributed by atoms with Crippen LogP contribution in [0, 0.1) is 5.92 Å². The zero-order valence-electron chi connectivity index (χ0n) is 10.1. The Hall–Kier alpha value is -1.32. The van der Waals surface area contributed by atoms with Gasteiger partial charge in [0.1, 0.15) is 0 Å². The van der Waals surface area contributed by atoms with E-state index in [-0.39, 0.29) is 11.1 Å². The van der Waals surface area contributed by atoms with E-state index in [4.69, 9.17) is 5.73 Å². The molecule has 0 atom stereocenters. The van der Waals surface area contributed by atoms with Crippen LogP contribution in [0.15, 0.2) is 18.2 Å². The van der Waals surface area contributed by atoms with Crippen molar-refractivity contribution in [1.29, 1.82) is 0 Å². The molecule has 0 unspecified atom stereocenters. The van der Waals surface area contributed by atoms with E-state index in [1.165, 1.54) is 25.0 Å². The zero-order valence-corrected chi connectivity index (χ0v) is 10.1. The first-order valence-electron chi connectivity index (χ1n) is 5.86. The summed E-state index contributed by atoms with van der Waals surface area (Å²) in [7, 11) is 0. The molecule has 1 aliphatic rings. The Bertz CT molecular complexity index is 412. The van der Waals surface area contributed by atoms with Crippen molar-refractivity contribution in [2.45, 2.75) is 38.7 Å². The predicted molar refractivity (Wildman–Crippen MR) is 66.2 cm³/mol. The molecule has 0 bridgehead atoms. The van der Waals surface area contributed by atoms with Gasteiger partial charge in [-0.15, -0.1) is 0 Å². The SMILES string of the molecule is CC(C)(Nc1ccc(C(F)F)cc1N)C1CC1. The molecule has 0 radical (unpaired) electrons. The standard InChI is InChI=1S/C13H18F2N2/c1-13(2,9-4-5-9)17-11-6-3-8(12(14)15)7-10(11)16/h3,6-7,9,12,17H,4-5,16H2,1-2H3. The van der Waals surface area contributed by atoms with Gasteiger partial charge in [-0.05, 0) is 44.7 Å². The molecule has 1 aromatic carbocycles. The van der Waals surface area contributed by atoms with E-state index >= 15 is 0 Å².